The average molecular weight is 393 g/mol. The summed E-state index contributed by atoms with van der Waals surface area (Å²) in [6.07, 6.45) is 10.6. The van der Waals surface area contributed by atoms with Crippen LogP contribution in [0.5, 0.6) is 0 Å². The molecule has 0 aliphatic heterocycles. The summed E-state index contributed by atoms with van der Waals surface area (Å²) in [6, 6.07) is 3.93. The van der Waals surface area contributed by atoms with Crippen LogP contribution in [0.4, 0.5) is 0 Å². The first-order chi connectivity index (χ1) is 12.8. The van der Waals surface area contributed by atoms with Gasteiger partial charge in [0.1, 0.15) is 5.76 Å². The summed E-state index contributed by atoms with van der Waals surface area (Å²) in [5.74, 6) is 2.91. The molecule has 0 atom stereocenters. The minimum absolute atomic E-state index is 0.810. The lowest BCUT2D eigenvalue weighted by Crippen LogP contribution is -2.39. The molecule has 3 rings (SSSR count). The molecule has 1 aliphatic rings. The molecule has 2 heterocycles. The highest BCUT2D eigenvalue weighted by atomic mass is 32.2. The number of thiazole rings is 1. The number of hydrogen-bond donors (Lipinski definition) is 2. The molecule has 26 heavy (non-hydrogen) atoms. The number of guanidine groups is 1. The standard InChI is InChI=1S/C19H28N4OS2/c1-25-14-12-22-19(20-10-8-15-5-4-13-24-15)21-11-9-18-23-16-6-2-3-7-17(16)26-18/h4-5,13H,2-3,6-12,14H2,1H3,(H2,20,21,22). The van der Waals surface area contributed by atoms with Crippen molar-refractivity contribution in [3.05, 3.63) is 39.7 Å². The summed E-state index contributed by atoms with van der Waals surface area (Å²) in [7, 11) is 0. The lowest BCUT2D eigenvalue weighted by Gasteiger charge is -2.11. The molecule has 2 aromatic heterocycles. The van der Waals surface area contributed by atoms with E-state index in [2.05, 4.69) is 21.9 Å². The van der Waals surface area contributed by atoms with Gasteiger partial charge in [0.2, 0.25) is 0 Å². The van der Waals surface area contributed by atoms with Gasteiger partial charge in [-0.1, -0.05) is 0 Å². The average Bonchev–Trinajstić information content (AvgIpc) is 3.30. The van der Waals surface area contributed by atoms with Gasteiger partial charge in [-0.2, -0.15) is 11.8 Å². The molecule has 0 radical (unpaired) electrons. The zero-order valence-corrected chi connectivity index (χ0v) is 17.1. The van der Waals surface area contributed by atoms with Gasteiger partial charge < -0.3 is 15.1 Å². The molecule has 7 heteroatoms. The molecular formula is C19H28N4OS2. The van der Waals surface area contributed by atoms with Crippen LogP contribution >= 0.6 is 23.1 Å². The van der Waals surface area contributed by atoms with Gasteiger partial charge in [0, 0.05) is 36.6 Å². The van der Waals surface area contributed by atoms with E-state index in [0.29, 0.717) is 0 Å². The highest BCUT2D eigenvalue weighted by molar-refractivity contribution is 7.98. The molecule has 5 nitrogen and oxygen atoms in total. The number of aryl methyl sites for hydroxylation is 2. The number of hydrogen-bond acceptors (Lipinski definition) is 5. The molecule has 0 fully saturated rings. The predicted molar refractivity (Wildman–Crippen MR) is 112 cm³/mol. The van der Waals surface area contributed by atoms with E-state index in [-0.39, 0.29) is 0 Å². The van der Waals surface area contributed by atoms with Crippen molar-refractivity contribution >= 4 is 29.1 Å². The van der Waals surface area contributed by atoms with E-state index in [1.54, 1.807) is 6.26 Å². The second kappa shape index (κ2) is 10.6. The zero-order valence-electron chi connectivity index (χ0n) is 15.4. The van der Waals surface area contributed by atoms with Gasteiger partial charge in [-0.05, 0) is 44.1 Å². The van der Waals surface area contributed by atoms with Crippen LogP contribution in [0, 0.1) is 0 Å². The Labute approximate surface area is 164 Å². The first-order valence-electron chi connectivity index (χ1n) is 9.36. The van der Waals surface area contributed by atoms with Crippen molar-refractivity contribution in [1.29, 1.82) is 0 Å². The summed E-state index contributed by atoms with van der Waals surface area (Å²) in [6.45, 7) is 2.49. The Morgan fingerprint density at radius 1 is 1.27 bits per heavy atom. The molecule has 2 aromatic rings. The number of rotatable bonds is 9. The maximum Gasteiger partial charge on any atom is 0.191 e. The van der Waals surface area contributed by atoms with Crippen molar-refractivity contribution in [2.75, 3.05) is 31.6 Å². The fourth-order valence-corrected chi connectivity index (χ4v) is 4.41. The molecule has 0 bridgehead atoms. The molecule has 2 N–H and O–H groups in total. The van der Waals surface area contributed by atoms with E-state index in [1.165, 1.54) is 34.8 Å². The van der Waals surface area contributed by atoms with Crippen molar-refractivity contribution in [2.45, 2.75) is 38.5 Å². The Morgan fingerprint density at radius 2 is 2.12 bits per heavy atom. The Kier molecular flexibility index (Phi) is 7.88. The Bertz CT molecular complexity index is 658. The van der Waals surface area contributed by atoms with Crippen molar-refractivity contribution in [3.63, 3.8) is 0 Å². The number of thioether (sulfide) groups is 1. The van der Waals surface area contributed by atoms with Gasteiger partial charge in [-0.3, -0.25) is 4.99 Å². The van der Waals surface area contributed by atoms with Crippen LogP contribution in [0.25, 0.3) is 0 Å². The minimum atomic E-state index is 0.810. The number of nitrogens with one attached hydrogen (secondary N) is 2. The van der Waals surface area contributed by atoms with E-state index >= 15 is 0 Å². The highest BCUT2D eigenvalue weighted by Crippen LogP contribution is 2.26. The smallest absolute Gasteiger partial charge is 0.191 e. The lowest BCUT2D eigenvalue weighted by molar-refractivity contribution is 0.507. The normalized spacial score (nSPS) is 14.3. The molecule has 142 valence electrons. The Morgan fingerprint density at radius 3 is 2.88 bits per heavy atom. The number of furan rings is 1. The summed E-state index contributed by atoms with van der Waals surface area (Å²) in [4.78, 5) is 11.0. The van der Waals surface area contributed by atoms with E-state index in [0.717, 1.165) is 56.4 Å². The van der Waals surface area contributed by atoms with Crippen molar-refractivity contribution < 1.29 is 4.42 Å². The van der Waals surface area contributed by atoms with Gasteiger partial charge in [0.15, 0.2) is 5.96 Å². The van der Waals surface area contributed by atoms with Crippen LogP contribution in [0.3, 0.4) is 0 Å². The van der Waals surface area contributed by atoms with Gasteiger partial charge in [-0.25, -0.2) is 4.98 Å². The Balaban J connectivity index is 1.45. The quantitative estimate of drug-likeness (QED) is 0.389. The third-order valence-electron chi connectivity index (χ3n) is 4.33. The third-order valence-corrected chi connectivity index (χ3v) is 6.14. The van der Waals surface area contributed by atoms with Crippen molar-refractivity contribution in [1.82, 2.24) is 15.6 Å². The largest absolute Gasteiger partial charge is 0.469 e. The fourth-order valence-electron chi connectivity index (χ4n) is 2.98. The second-order valence-corrected chi connectivity index (χ2v) is 8.49. The predicted octanol–water partition coefficient (Wildman–Crippen LogP) is 3.30. The van der Waals surface area contributed by atoms with Crippen LogP contribution in [-0.2, 0) is 25.7 Å². The van der Waals surface area contributed by atoms with E-state index in [1.807, 2.05) is 35.2 Å². The number of aliphatic imine (C=N–C) groups is 1. The molecule has 1 aliphatic carbocycles. The molecular weight excluding hydrogens is 364 g/mol. The van der Waals surface area contributed by atoms with E-state index < -0.39 is 0 Å². The van der Waals surface area contributed by atoms with Crippen LogP contribution in [-0.4, -0.2) is 42.6 Å². The summed E-state index contributed by atoms with van der Waals surface area (Å²) in [5, 5.41) is 8.11. The van der Waals surface area contributed by atoms with Crippen LogP contribution in [0.2, 0.25) is 0 Å². The monoisotopic (exact) mass is 392 g/mol. The van der Waals surface area contributed by atoms with Gasteiger partial charge >= 0.3 is 0 Å². The van der Waals surface area contributed by atoms with Crippen molar-refractivity contribution in [2.24, 2.45) is 4.99 Å². The number of aromatic nitrogens is 1. The summed E-state index contributed by atoms with van der Waals surface area (Å²) in [5.41, 5.74) is 1.35. The topological polar surface area (TPSA) is 62.5 Å². The maximum absolute atomic E-state index is 5.38. The molecule has 0 aromatic carbocycles. The van der Waals surface area contributed by atoms with Crippen LogP contribution in [0.15, 0.2) is 27.8 Å². The summed E-state index contributed by atoms with van der Waals surface area (Å²) < 4.78 is 5.38. The number of fused-ring (bicyclic) bond motifs is 1. The number of nitrogens with zero attached hydrogens (tertiary/aromatic N) is 2. The summed E-state index contributed by atoms with van der Waals surface area (Å²) >= 11 is 3.71. The van der Waals surface area contributed by atoms with E-state index in [9.17, 15) is 0 Å². The molecule has 0 saturated carbocycles. The Hall–Kier alpha value is -1.47. The molecule has 0 unspecified atom stereocenters. The van der Waals surface area contributed by atoms with Crippen molar-refractivity contribution in [3.8, 4) is 0 Å². The van der Waals surface area contributed by atoms with Gasteiger partial charge in [0.25, 0.3) is 0 Å². The van der Waals surface area contributed by atoms with Crippen LogP contribution < -0.4 is 10.6 Å². The van der Waals surface area contributed by atoms with Crippen LogP contribution in [0.1, 0.15) is 34.2 Å². The molecule has 0 amide bonds. The molecule has 0 spiro atoms. The first-order valence-corrected chi connectivity index (χ1v) is 11.6. The maximum atomic E-state index is 5.38. The highest BCUT2D eigenvalue weighted by Gasteiger charge is 2.14. The van der Waals surface area contributed by atoms with Gasteiger partial charge in [-0.15, -0.1) is 11.3 Å². The SMILES string of the molecule is CSCCN=C(NCCc1ccco1)NCCc1nc2c(s1)CCCC2. The third kappa shape index (κ3) is 6.06. The zero-order chi connectivity index (χ0) is 18.0. The van der Waals surface area contributed by atoms with E-state index in [4.69, 9.17) is 9.40 Å². The minimum Gasteiger partial charge on any atom is -0.469 e. The second-order valence-electron chi connectivity index (χ2n) is 6.34. The molecule has 0 saturated heterocycles. The van der Waals surface area contributed by atoms with Gasteiger partial charge in [0.05, 0.1) is 23.5 Å². The lowest BCUT2D eigenvalue weighted by atomic mass is 10.0. The first kappa shape index (κ1) is 19.3. The fraction of sp³-hybridized carbons (Fsp3) is 0.579.